The summed E-state index contributed by atoms with van der Waals surface area (Å²) < 4.78 is 0. The standard InChI is InChI=1S/C51H36N2.Pt/c1-49(2)37-23-9-11-25-39(37)50(40-26-12-10-24-38(40)49)41-27-13-15-29-43(41)51(44-30-16-14-28-42(44)50,47-33-17-31-45(52-47)35-19-5-3-6-20-35)48-34-18-32-46(53-48)36-21-7-4-8-22-36;/h3-19,21,23-34H,1-2H3;/q-2;+2. The molecule has 1 spiro atoms. The van der Waals surface area contributed by atoms with Gasteiger partial charge in [0.15, 0.2) is 0 Å². The molecule has 3 heteroatoms. The largest absolute Gasteiger partial charge is 2.00 e. The Hall–Kier alpha value is -5.69. The van der Waals surface area contributed by atoms with Crippen molar-refractivity contribution < 1.29 is 21.1 Å². The van der Waals surface area contributed by atoms with Crippen LogP contribution in [0.4, 0.5) is 0 Å². The smallest absolute Gasteiger partial charge is 0.300 e. The molecule has 2 nitrogen and oxygen atoms in total. The van der Waals surface area contributed by atoms with Gasteiger partial charge in [-0.15, -0.1) is 71.8 Å². The Morgan fingerprint density at radius 3 is 1.06 bits per heavy atom. The van der Waals surface area contributed by atoms with Crippen LogP contribution in [-0.4, -0.2) is 9.97 Å². The van der Waals surface area contributed by atoms with Crippen molar-refractivity contribution in [2.24, 2.45) is 0 Å². The van der Waals surface area contributed by atoms with Crippen LogP contribution in [0, 0.1) is 12.1 Å². The number of nitrogens with zero attached hydrogens (tertiary/aromatic N) is 2. The van der Waals surface area contributed by atoms with Crippen molar-refractivity contribution >= 4 is 0 Å². The normalized spacial score (nSPS) is 15.1. The van der Waals surface area contributed by atoms with E-state index in [0.29, 0.717) is 0 Å². The Kier molecular flexibility index (Phi) is 8.22. The van der Waals surface area contributed by atoms with E-state index in [1.807, 2.05) is 36.4 Å². The van der Waals surface area contributed by atoms with Crippen LogP contribution in [0.15, 0.2) is 182 Å². The van der Waals surface area contributed by atoms with Crippen LogP contribution in [0.5, 0.6) is 0 Å². The minimum Gasteiger partial charge on any atom is -0.300 e. The molecule has 0 saturated heterocycles. The summed E-state index contributed by atoms with van der Waals surface area (Å²) in [5, 5.41) is 0. The maximum absolute atomic E-state index is 5.58. The summed E-state index contributed by atoms with van der Waals surface area (Å²) >= 11 is 0. The van der Waals surface area contributed by atoms with Gasteiger partial charge in [-0.05, 0) is 68.0 Å². The fraction of sp³-hybridized carbons (Fsp3) is 0.0980. The second-order valence-corrected chi connectivity index (χ2v) is 14.7. The van der Waals surface area contributed by atoms with Crippen LogP contribution >= 0.6 is 0 Å². The van der Waals surface area contributed by atoms with Gasteiger partial charge in [0.25, 0.3) is 0 Å². The third-order valence-electron chi connectivity index (χ3n) is 11.7. The molecule has 54 heavy (non-hydrogen) atoms. The van der Waals surface area contributed by atoms with Crippen LogP contribution in [0.25, 0.3) is 22.5 Å². The van der Waals surface area contributed by atoms with Crippen LogP contribution in [-0.2, 0) is 37.3 Å². The average molecular weight is 872 g/mol. The molecule has 6 aromatic carbocycles. The number of hydrogen-bond acceptors (Lipinski definition) is 2. The molecule has 10 rings (SSSR count). The SMILES string of the molecule is CC1(C)c2ccccc2C2(c3ccccc31)c1ccccc1C(c1cccc(-c3[c-]cccc3)n1)(c1cccc(-c3[c-]cccc3)n1)c1ccccc12.[Pt+2]. The zero-order valence-corrected chi connectivity index (χ0v) is 32.3. The van der Waals surface area contributed by atoms with E-state index < -0.39 is 10.8 Å². The van der Waals surface area contributed by atoms with Crippen molar-refractivity contribution in [1.82, 2.24) is 9.97 Å². The number of pyridine rings is 2. The van der Waals surface area contributed by atoms with Gasteiger partial charge in [-0.2, -0.15) is 0 Å². The summed E-state index contributed by atoms with van der Waals surface area (Å²) in [5.41, 5.74) is 14.0. The van der Waals surface area contributed by atoms with E-state index in [2.05, 4.69) is 172 Å². The van der Waals surface area contributed by atoms with Crippen LogP contribution in [0.1, 0.15) is 69.7 Å². The molecule has 0 aliphatic heterocycles. The minimum atomic E-state index is -0.870. The maximum atomic E-state index is 5.58. The first-order valence-electron chi connectivity index (χ1n) is 18.3. The summed E-state index contributed by atoms with van der Waals surface area (Å²) in [4.78, 5) is 11.2. The third-order valence-corrected chi connectivity index (χ3v) is 11.7. The van der Waals surface area contributed by atoms with E-state index in [0.717, 1.165) is 33.9 Å². The van der Waals surface area contributed by atoms with Crippen molar-refractivity contribution in [3.8, 4) is 22.5 Å². The molecule has 0 atom stereocenters. The van der Waals surface area contributed by atoms with Gasteiger partial charge in [-0.25, -0.2) is 0 Å². The van der Waals surface area contributed by atoms with Gasteiger partial charge in [0.2, 0.25) is 0 Å². The zero-order chi connectivity index (χ0) is 35.6. The molecule has 0 saturated carbocycles. The fourth-order valence-corrected chi connectivity index (χ4v) is 9.52. The summed E-state index contributed by atoms with van der Waals surface area (Å²) in [6, 6.07) is 72.2. The monoisotopic (exact) mass is 871 g/mol. The second-order valence-electron chi connectivity index (χ2n) is 14.7. The summed E-state index contributed by atoms with van der Waals surface area (Å²) in [5.74, 6) is 0. The molecule has 2 aliphatic rings. The van der Waals surface area contributed by atoms with Gasteiger partial charge in [0, 0.05) is 5.41 Å². The van der Waals surface area contributed by atoms with Gasteiger partial charge in [-0.3, -0.25) is 9.97 Å². The van der Waals surface area contributed by atoms with Crippen LogP contribution in [0.2, 0.25) is 0 Å². The molecule has 0 amide bonds. The Morgan fingerprint density at radius 2 is 0.685 bits per heavy atom. The summed E-state index contributed by atoms with van der Waals surface area (Å²) in [7, 11) is 0. The average Bonchev–Trinajstić information content (AvgIpc) is 3.23. The van der Waals surface area contributed by atoms with Crippen molar-refractivity contribution in [3.05, 3.63) is 250 Å². The van der Waals surface area contributed by atoms with E-state index >= 15 is 0 Å². The Balaban J connectivity index is 0.00000384. The predicted octanol–water partition coefficient (Wildman–Crippen LogP) is 11.1. The molecule has 8 aromatic rings. The molecule has 0 fully saturated rings. The topological polar surface area (TPSA) is 25.8 Å². The number of benzene rings is 6. The van der Waals surface area contributed by atoms with Gasteiger partial charge in [-0.1, -0.05) is 135 Å². The zero-order valence-electron chi connectivity index (χ0n) is 30.0. The minimum absolute atomic E-state index is 0. The van der Waals surface area contributed by atoms with Crippen LogP contribution in [0.3, 0.4) is 0 Å². The number of fused-ring (bicyclic) bond motifs is 8. The van der Waals surface area contributed by atoms with Crippen LogP contribution < -0.4 is 0 Å². The van der Waals surface area contributed by atoms with Gasteiger partial charge >= 0.3 is 21.1 Å². The summed E-state index contributed by atoms with van der Waals surface area (Å²) in [6.07, 6.45) is 0. The number of hydrogen-bond donors (Lipinski definition) is 0. The molecule has 0 bridgehead atoms. The number of rotatable bonds is 4. The first-order chi connectivity index (χ1) is 26.1. The summed E-state index contributed by atoms with van der Waals surface area (Å²) in [6.45, 7) is 4.74. The van der Waals surface area contributed by atoms with E-state index in [4.69, 9.17) is 9.97 Å². The second kappa shape index (κ2) is 13.0. The van der Waals surface area contributed by atoms with Crippen molar-refractivity contribution in [1.29, 1.82) is 0 Å². The third kappa shape index (κ3) is 4.69. The van der Waals surface area contributed by atoms with Gasteiger partial charge in [0.05, 0.1) is 16.8 Å². The quantitative estimate of drug-likeness (QED) is 0.165. The molecule has 260 valence electrons. The molecule has 2 aliphatic carbocycles. The fourth-order valence-electron chi connectivity index (χ4n) is 9.52. The molecule has 2 heterocycles. The molecule has 0 unspecified atom stereocenters. The molecule has 0 N–H and O–H groups in total. The molecular weight excluding hydrogens is 836 g/mol. The predicted molar refractivity (Wildman–Crippen MR) is 213 cm³/mol. The van der Waals surface area contributed by atoms with Gasteiger partial charge in [0.1, 0.15) is 5.41 Å². The Bertz CT molecular complexity index is 2480. The van der Waals surface area contributed by atoms with Crippen molar-refractivity contribution in [2.75, 3.05) is 0 Å². The number of aromatic nitrogens is 2. The van der Waals surface area contributed by atoms with E-state index in [1.165, 1.54) is 44.5 Å². The van der Waals surface area contributed by atoms with E-state index in [-0.39, 0.29) is 26.5 Å². The Labute approximate surface area is 331 Å². The van der Waals surface area contributed by atoms with Crippen molar-refractivity contribution in [2.45, 2.75) is 30.1 Å². The Morgan fingerprint density at radius 1 is 0.352 bits per heavy atom. The van der Waals surface area contributed by atoms with E-state index in [9.17, 15) is 0 Å². The molecular formula is C51H36N2Pt. The maximum Gasteiger partial charge on any atom is 2.00 e. The molecule has 0 radical (unpaired) electrons. The van der Waals surface area contributed by atoms with Gasteiger partial charge < -0.3 is 0 Å². The van der Waals surface area contributed by atoms with E-state index in [1.54, 1.807) is 0 Å². The molecule has 2 aromatic heterocycles. The first kappa shape index (κ1) is 34.1. The first-order valence-corrected chi connectivity index (χ1v) is 18.3. The van der Waals surface area contributed by atoms with Crippen molar-refractivity contribution in [3.63, 3.8) is 0 Å².